The molecular weight excluding hydrogens is 585 g/mol. The van der Waals surface area contributed by atoms with Gasteiger partial charge >= 0.3 is 5.97 Å². The number of carboxylic acids is 1. The normalized spacial score (nSPS) is 16.6. The number of carbonyl (C=O) groups is 1. The van der Waals surface area contributed by atoms with E-state index in [9.17, 15) is 14.3 Å². The summed E-state index contributed by atoms with van der Waals surface area (Å²) in [5.74, 6) is -2.45. The highest BCUT2D eigenvalue weighted by Gasteiger charge is 2.55. The maximum atomic E-state index is 15.6. The van der Waals surface area contributed by atoms with Gasteiger partial charge < -0.3 is 19.1 Å². The number of nitrogens with zero attached hydrogens (tertiary/aromatic N) is 4. The second-order valence-corrected chi connectivity index (χ2v) is 11.5. The third-order valence-electron chi connectivity index (χ3n) is 8.63. The summed E-state index contributed by atoms with van der Waals surface area (Å²) in [6, 6.07) is 17.3. The molecule has 3 heterocycles. The Balaban J connectivity index is 1.18. The molecule has 226 valence electrons. The van der Waals surface area contributed by atoms with Crippen LogP contribution in [0, 0.1) is 34.2 Å². The van der Waals surface area contributed by atoms with Crippen LogP contribution in [0.2, 0.25) is 0 Å². The number of carboxylic acid groups (broad SMARTS) is 1. The average Bonchev–Trinajstić information content (AvgIpc) is 3.57. The van der Waals surface area contributed by atoms with Crippen molar-refractivity contribution in [1.29, 1.82) is 5.26 Å². The molecule has 3 aromatic carbocycles. The number of pyridine rings is 1. The Labute approximate surface area is 255 Å². The molecule has 1 saturated heterocycles. The number of aromatic carboxylic acids is 1. The Kier molecular flexibility index (Phi) is 7.01. The van der Waals surface area contributed by atoms with Crippen LogP contribution in [0.1, 0.15) is 51.8 Å². The van der Waals surface area contributed by atoms with Crippen molar-refractivity contribution in [2.24, 2.45) is 5.41 Å². The van der Waals surface area contributed by atoms with Gasteiger partial charge in [0.15, 0.2) is 0 Å². The van der Waals surface area contributed by atoms with E-state index in [4.69, 9.17) is 19.7 Å². The van der Waals surface area contributed by atoms with Gasteiger partial charge in [-0.15, -0.1) is 0 Å². The zero-order valence-corrected chi connectivity index (χ0v) is 23.8. The quantitative estimate of drug-likeness (QED) is 0.211. The molecule has 8 nitrogen and oxygen atoms in total. The van der Waals surface area contributed by atoms with Gasteiger partial charge in [0.25, 0.3) is 0 Å². The molecule has 1 N–H and O–H groups in total. The fourth-order valence-electron chi connectivity index (χ4n) is 6.00. The van der Waals surface area contributed by atoms with Crippen molar-refractivity contribution in [3.05, 3.63) is 112 Å². The van der Waals surface area contributed by atoms with E-state index in [1.807, 2.05) is 10.6 Å². The number of nitriles is 1. The van der Waals surface area contributed by atoms with Gasteiger partial charge in [0.2, 0.25) is 5.88 Å². The number of aromatic nitrogens is 3. The first-order valence-corrected chi connectivity index (χ1v) is 14.3. The van der Waals surface area contributed by atoms with E-state index in [-0.39, 0.29) is 63.9 Å². The lowest BCUT2D eigenvalue weighted by Gasteiger charge is -2.22. The third-order valence-corrected chi connectivity index (χ3v) is 8.63. The van der Waals surface area contributed by atoms with E-state index in [0.29, 0.717) is 30.1 Å². The predicted molar refractivity (Wildman–Crippen MR) is 156 cm³/mol. The number of fused-ring (bicyclic) bond motifs is 1. The number of imidazole rings is 1. The highest BCUT2D eigenvalue weighted by atomic mass is 19.1. The summed E-state index contributed by atoms with van der Waals surface area (Å²) < 4.78 is 58.9. The lowest BCUT2D eigenvalue weighted by Crippen LogP contribution is -2.21. The zero-order valence-electron chi connectivity index (χ0n) is 23.8. The lowest BCUT2D eigenvalue weighted by molar-refractivity contribution is 0.0697. The molecule has 1 spiro atoms. The first-order valence-electron chi connectivity index (χ1n) is 14.3. The van der Waals surface area contributed by atoms with Crippen molar-refractivity contribution >= 4 is 17.0 Å². The van der Waals surface area contributed by atoms with Crippen molar-refractivity contribution in [3.63, 3.8) is 0 Å². The van der Waals surface area contributed by atoms with Crippen molar-refractivity contribution in [1.82, 2.24) is 14.5 Å². The molecule has 0 bridgehead atoms. The van der Waals surface area contributed by atoms with Crippen LogP contribution in [0.4, 0.5) is 13.2 Å². The van der Waals surface area contributed by atoms with Crippen LogP contribution >= 0.6 is 0 Å². The highest BCUT2D eigenvalue weighted by Crippen LogP contribution is 2.58. The summed E-state index contributed by atoms with van der Waals surface area (Å²) in [6.45, 7) is 0.838. The standard InChI is InChI=1S/C34H25F3N4O4/c35-24-10-19(15-38)4-5-21(24)16-45-32-3-1-2-27(40-32)23-14-25(36)22(11-26(23)37)13-31-39-28-7-6-20(33(42)43)12-29(28)41(31)30-17-44-18-34(30)8-9-34/h1-7,10-12,14,30H,8-9,13,16-18H2,(H,42,43)/t30-/m0/s1. The molecule has 5 aromatic rings. The van der Waals surface area contributed by atoms with E-state index in [0.717, 1.165) is 31.0 Å². The zero-order chi connectivity index (χ0) is 31.3. The summed E-state index contributed by atoms with van der Waals surface area (Å²) >= 11 is 0. The van der Waals surface area contributed by atoms with Crippen LogP contribution in [0.25, 0.3) is 22.3 Å². The molecule has 11 heteroatoms. The molecular formula is C34H25F3N4O4. The minimum atomic E-state index is -1.07. The van der Waals surface area contributed by atoms with Gasteiger partial charge in [-0.25, -0.2) is 27.9 Å². The van der Waals surface area contributed by atoms with Gasteiger partial charge in [0.1, 0.15) is 29.9 Å². The second-order valence-electron chi connectivity index (χ2n) is 11.5. The number of rotatable bonds is 8. The molecule has 1 aliphatic heterocycles. The van der Waals surface area contributed by atoms with Crippen LogP contribution in [-0.4, -0.2) is 38.8 Å². The van der Waals surface area contributed by atoms with Crippen LogP contribution in [0.3, 0.4) is 0 Å². The fourth-order valence-corrected chi connectivity index (χ4v) is 6.00. The van der Waals surface area contributed by atoms with Gasteiger partial charge in [0, 0.05) is 29.0 Å². The Morgan fingerprint density at radius 3 is 2.60 bits per heavy atom. The fraction of sp³-hybridized carbons (Fsp3) is 0.235. The number of ether oxygens (including phenoxy) is 2. The molecule has 0 radical (unpaired) electrons. The first-order chi connectivity index (χ1) is 21.7. The average molecular weight is 611 g/mol. The molecule has 0 amide bonds. The second kappa shape index (κ2) is 11.1. The van der Waals surface area contributed by atoms with Gasteiger partial charge in [-0.3, -0.25) is 0 Å². The molecule has 2 aliphatic rings. The van der Waals surface area contributed by atoms with E-state index >= 15 is 8.78 Å². The topological polar surface area (TPSA) is 110 Å². The minimum absolute atomic E-state index is 0.0283. The molecule has 1 saturated carbocycles. The largest absolute Gasteiger partial charge is 0.478 e. The predicted octanol–water partition coefficient (Wildman–Crippen LogP) is 6.61. The minimum Gasteiger partial charge on any atom is -0.478 e. The Bertz CT molecular complexity index is 2030. The van der Waals surface area contributed by atoms with Crippen molar-refractivity contribution in [2.45, 2.75) is 31.9 Å². The van der Waals surface area contributed by atoms with Crippen molar-refractivity contribution in [3.8, 4) is 23.2 Å². The van der Waals surface area contributed by atoms with Crippen LogP contribution in [0.5, 0.6) is 5.88 Å². The monoisotopic (exact) mass is 610 g/mol. The van der Waals surface area contributed by atoms with Gasteiger partial charge in [0.05, 0.1) is 53.2 Å². The summed E-state index contributed by atoms with van der Waals surface area (Å²) in [5, 5.41) is 18.5. The molecule has 0 unspecified atom stereocenters. The summed E-state index contributed by atoms with van der Waals surface area (Å²) in [5.41, 5.74) is 1.75. The molecule has 7 rings (SSSR count). The lowest BCUT2D eigenvalue weighted by atomic mass is 9.99. The third kappa shape index (κ3) is 5.27. The number of hydrogen-bond donors (Lipinski definition) is 1. The SMILES string of the molecule is N#Cc1ccc(COc2cccc(-c3cc(F)c(Cc4nc5ccc(C(=O)O)cc5n4[C@H]4COCC45CC5)cc3F)n2)c(F)c1. The number of hydrogen-bond acceptors (Lipinski definition) is 6. The molecule has 2 fully saturated rings. The summed E-state index contributed by atoms with van der Waals surface area (Å²) in [7, 11) is 0. The van der Waals surface area contributed by atoms with E-state index in [1.54, 1.807) is 18.2 Å². The Morgan fingerprint density at radius 1 is 1.02 bits per heavy atom. The van der Waals surface area contributed by atoms with Crippen LogP contribution in [-0.2, 0) is 17.8 Å². The first kappa shape index (κ1) is 28.6. The van der Waals surface area contributed by atoms with Crippen LogP contribution < -0.4 is 4.74 Å². The number of halogens is 3. The number of benzene rings is 3. The molecule has 1 aliphatic carbocycles. The smallest absolute Gasteiger partial charge is 0.335 e. The molecule has 45 heavy (non-hydrogen) atoms. The maximum absolute atomic E-state index is 15.6. The van der Waals surface area contributed by atoms with Crippen LogP contribution in [0.15, 0.2) is 66.7 Å². The summed E-state index contributed by atoms with van der Waals surface area (Å²) in [6.07, 6.45) is 1.90. The van der Waals surface area contributed by atoms with E-state index in [2.05, 4.69) is 4.98 Å². The Morgan fingerprint density at radius 2 is 1.84 bits per heavy atom. The highest BCUT2D eigenvalue weighted by molar-refractivity contribution is 5.92. The van der Waals surface area contributed by atoms with Gasteiger partial charge in [-0.05, 0) is 66.9 Å². The van der Waals surface area contributed by atoms with Crippen molar-refractivity contribution < 1.29 is 32.5 Å². The molecule has 1 atom stereocenters. The summed E-state index contributed by atoms with van der Waals surface area (Å²) in [4.78, 5) is 20.7. The Hall–Kier alpha value is -5.21. The van der Waals surface area contributed by atoms with Gasteiger partial charge in [-0.1, -0.05) is 12.1 Å². The maximum Gasteiger partial charge on any atom is 0.335 e. The van der Waals surface area contributed by atoms with Gasteiger partial charge in [-0.2, -0.15) is 5.26 Å². The van der Waals surface area contributed by atoms with E-state index < -0.39 is 23.4 Å². The molecule has 2 aromatic heterocycles. The van der Waals surface area contributed by atoms with E-state index in [1.165, 1.54) is 30.3 Å². The van der Waals surface area contributed by atoms with Crippen molar-refractivity contribution in [2.75, 3.05) is 13.2 Å².